The fourth-order valence-electron chi connectivity index (χ4n) is 5.13. The highest BCUT2D eigenvalue weighted by Crippen LogP contribution is 2.41. The topological polar surface area (TPSA) is 108 Å². The van der Waals surface area contributed by atoms with Crippen LogP contribution in [0.15, 0.2) is 104 Å². The maximum atomic E-state index is 10.9. The van der Waals surface area contributed by atoms with Gasteiger partial charge in [0, 0.05) is 6.42 Å². The Morgan fingerprint density at radius 2 is 1.43 bits per heavy atom. The maximum Gasteiger partial charge on any atom is 0.167 e. The molecule has 0 saturated carbocycles. The number of nitrogen functional groups attached to an aromatic ring is 1. The Kier molecular flexibility index (Phi) is 6.13. The number of aliphatic hydroxyl groups excluding tert-OH is 1. The van der Waals surface area contributed by atoms with E-state index in [1.807, 2.05) is 54.6 Å². The van der Waals surface area contributed by atoms with Crippen LogP contribution in [-0.2, 0) is 15.1 Å². The summed E-state index contributed by atoms with van der Waals surface area (Å²) in [5.41, 5.74) is 9.11. The number of benzene rings is 3. The molecule has 0 unspecified atom stereocenters. The van der Waals surface area contributed by atoms with Crippen molar-refractivity contribution >= 4 is 17.0 Å². The van der Waals surface area contributed by atoms with E-state index in [0.717, 1.165) is 16.7 Å². The number of aromatic nitrogens is 4. The molecular formula is C29H27N5O3. The molecule has 1 fully saturated rings. The minimum Gasteiger partial charge on any atom is -0.388 e. The highest BCUT2D eigenvalue weighted by Gasteiger charge is 2.41. The number of aliphatic hydroxyl groups is 1. The van der Waals surface area contributed by atoms with Gasteiger partial charge in [-0.2, -0.15) is 0 Å². The van der Waals surface area contributed by atoms with Gasteiger partial charge in [-0.15, -0.1) is 0 Å². The molecule has 2 aromatic heterocycles. The third-order valence-corrected chi connectivity index (χ3v) is 6.85. The molecule has 0 amide bonds. The summed E-state index contributed by atoms with van der Waals surface area (Å²) in [6, 6.07) is 30.6. The van der Waals surface area contributed by atoms with Crippen molar-refractivity contribution in [3.05, 3.63) is 120 Å². The predicted octanol–water partition coefficient (Wildman–Crippen LogP) is 4.07. The first-order chi connectivity index (χ1) is 18.2. The van der Waals surface area contributed by atoms with Crippen LogP contribution in [0, 0.1) is 0 Å². The van der Waals surface area contributed by atoms with Crippen LogP contribution < -0.4 is 5.73 Å². The van der Waals surface area contributed by atoms with Gasteiger partial charge in [-0.25, -0.2) is 15.0 Å². The first kappa shape index (κ1) is 23.3. The average molecular weight is 494 g/mol. The van der Waals surface area contributed by atoms with E-state index in [0.29, 0.717) is 17.6 Å². The Labute approximate surface area is 214 Å². The zero-order valence-corrected chi connectivity index (χ0v) is 20.1. The monoisotopic (exact) mass is 493 g/mol. The summed E-state index contributed by atoms with van der Waals surface area (Å²) < 4.78 is 14.9. The number of ether oxygens (including phenoxy) is 2. The number of anilines is 1. The summed E-state index contributed by atoms with van der Waals surface area (Å²) in [7, 11) is 0. The van der Waals surface area contributed by atoms with Gasteiger partial charge in [-0.3, -0.25) is 4.57 Å². The molecular weight excluding hydrogens is 466 g/mol. The summed E-state index contributed by atoms with van der Waals surface area (Å²) in [4.78, 5) is 12.6. The van der Waals surface area contributed by atoms with Gasteiger partial charge in [0.2, 0.25) is 0 Å². The van der Waals surface area contributed by atoms with Crippen LogP contribution in [0.4, 0.5) is 5.82 Å². The summed E-state index contributed by atoms with van der Waals surface area (Å²) in [6.07, 6.45) is 1.58. The van der Waals surface area contributed by atoms with Crippen molar-refractivity contribution in [2.75, 3.05) is 12.3 Å². The van der Waals surface area contributed by atoms with E-state index in [-0.39, 0.29) is 18.5 Å². The van der Waals surface area contributed by atoms with E-state index >= 15 is 0 Å². The van der Waals surface area contributed by atoms with Crippen molar-refractivity contribution in [3.63, 3.8) is 0 Å². The number of nitrogens with zero attached hydrogens (tertiary/aromatic N) is 4. The average Bonchev–Trinajstić information content (AvgIpc) is 3.54. The summed E-state index contributed by atoms with van der Waals surface area (Å²) in [5, 5.41) is 10.9. The SMILES string of the molecule is Nc1ncnc2c1ncn2[C@@H]1O[C@H](COC(c2ccccc2)(c2ccccc2)c2ccccc2)C[C@H]1O. The highest BCUT2D eigenvalue weighted by molar-refractivity contribution is 5.81. The minimum atomic E-state index is -0.862. The lowest BCUT2D eigenvalue weighted by molar-refractivity contribution is -0.0851. The molecule has 6 rings (SSSR count). The smallest absolute Gasteiger partial charge is 0.167 e. The number of rotatable bonds is 7. The second-order valence-corrected chi connectivity index (χ2v) is 9.12. The first-order valence-corrected chi connectivity index (χ1v) is 12.2. The van der Waals surface area contributed by atoms with E-state index < -0.39 is 17.9 Å². The Hall–Kier alpha value is -4.11. The lowest BCUT2D eigenvalue weighted by atomic mass is 9.80. The van der Waals surface area contributed by atoms with Crippen molar-refractivity contribution in [1.29, 1.82) is 0 Å². The number of fused-ring (bicyclic) bond motifs is 1. The van der Waals surface area contributed by atoms with Gasteiger partial charge in [0.1, 0.15) is 23.5 Å². The third kappa shape index (κ3) is 4.15. The fraction of sp³-hybridized carbons (Fsp3) is 0.207. The Balaban J connectivity index is 1.34. The summed E-state index contributed by atoms with van der Waals surface area (Å²) in [6.45, 7) is 0.260. The van der Waals surface area contributed by atoms with Crippen LogP contribution in [0.2, 0.25) is 0 Å². The number of nitrogens with two attached hydrogens (primary N) is 1. The molecule has 3 N–H and O–H groups in total. The summed E-state index contributed by atoms with van der Waals surface area (Å²) in [5.74, 6) is 0.287. The molecule has 1 saturated heterocycles. The van der Waals surface area contributed by atoms with Gasteiger partial charge in [-0.05, 0) is 16.7 Å². The molecule has 8 nitrogen and oxygen atoms in total. The van der Waals surface area contributed by atoms with E-state index in [9.17, 15) is 5.11 Å². The van der Waals surface area contributed by atoms with Crippen LogP contribution in [0.5, 0.6) is 0 Å². The molecule has 0 bridgehead atoms. The molecule has 1 aliphatic rings. The second kappa shape index (κ2) is 9.74. The molecule has 0 aliphatic carbocycles. The molecule has 5 aromatic rings. The van der Waals surface area contributed by atoms with Gasteiger partial charge in [0.15, 0.2) is 17.7 Å². The van der Waals surface area contributed by atoms with E-state index in [1.165, 1.54) is 6.33 Å². The van der Waals surface area contributed by atoms with Crippen LogP contribution in [0.1, 0.15) is 29.3 Å². The van der Waals surface area contributed by atoms with E-state index in [1.54, 1.807) is 10.9 Å². The van der Waals surface area contributed by atoms with Crippen molar-refractivity contribution in [1.82, 2.24) is 19.5 Å². The first-order valence-electron chi connectivity index (χ1n) is 12.2. The number of hydrogen-bond acceptors (Lipinski definition) is 7. The molecule has 37 heavy (non-hydrogen) atoms. The molecule has 3 aromatic carbocycles. The Morgan fingerprint density at radius 3 is 2.00 bits per heavy atom. The normalized spacial score (nSPS) is 19.9. The Morgan fingerprint density at radius 1 is 0.865 bits per heavy atom. The quantitative estimate of drug-likeness (QED) is 0.329. The molecule has 3 atom stereocenters. The number of imidazole rings is 1. The highest BCUT2D eigenvalue weighted by atomic mass is 16.6. The van der Waals surface area contributed by atoms with Crippen molar-refractivity contribution < 1.29 is 14.6 Å². The Bertz CT molecular complexity index is 1380. The zero-order chi connectivity index (χ0) is 25.2. The van der Waals surface area contributed by atoms with Crippen LogP contribution in [0.3, 0.4) is 0 Å². The largest absolute Gasteiger partial charge is 0.388 e. The summed E-state index contributed by atoms with van der Waals surface area (Å²) >= 11 is 0. The van der Waals surface area contributed by atoms with Crippen LogP contribution in [0.25, 0.3) is 11.2 Å². The lowest BCUT2D eigenvalue weighted by Gasteiger charge is -2.36. The molecule has 1 aliphatic heterocycles. The molecule has 0 radical (unpaired) electrons. The second-order valence-electron chi connectivity index (χ2n) is 9.12. The van der Waals surface area contributed by atoms with Gasteiger partial charge in [0.05, 0.1) is 19.0 Å². The minimum absolute atomic E-state index is 0.260. The fourth-order valence-corrected chi connectivity index (χ4v) is 5.13. The van der Waals surface area contributed by atoms with Crippen molar-refractivity contribution in [2.45, 2.75) is 30.5 Å². The number of hydrogen-bond donors (Lipinski definition) is 2. The molecule has 8 heteroatoms. The van der Waals surface area contributed by atoms with Crippen molar-refractivity contribution in [3.8, 4) is 0 Å². The zero-order valence-electron chi connectivity index (χ0n) is 20.1. The van der Waals surface area contributed by atoms with Gasteiger partial charge in [0.25, 0.3) is 0 Å². The molecule has 3 heterocycles. The van der Waals surface area contributed by atoms with Crippen LogP contribution in [-0.4, -0.2) is 43.4 Å². The van der Waals surface area contributed by atoms with Gasteiger partial charge in [-0.1, -0.05) is 91.0 Å². The third-order valence-electron chi connectivity index (χ3n) is 6.85. The van der Waals surface area contributed by atoms with Gasteiger partial charge < -0.3 is 20.3 Å². The van der Waals surface area contributed by atoms with Crippen molar-refractivity contribution in [2.24, 2.45) is 0 Å². The molecule has 0 spiro atoms. The van der Waals surface area contributed by atoms with E-state index in [4.69, 9.17) is 15.2 Å². The standard InChI is InChI=1S/C29H27N5O3/c30-26-25-27(32-18-31-26)34(19-33-25)28-24(35)16-23(37-28)17-36-29(20-10-4-1-5-11-20,21-12-6-2-7-13-21)22-14-8-3-9-15-22/h1-15,18-19,23-24,28,35H,16-17H2,(H2,30,31,32)/t23-,24+,28+/m0/s1. The van der Waals surface area contributed by atoms with Crippen LogP contribution >= 0.6 is 0 Å². The van der Waals surface area contributed by atoms with Gasteiger partial charge >= 0.3 is 0 Å². The van der Waals surface area contributed by atoms with E-state index in [2.05, 4.69) is 51.4 Å². The molecule has 186 valence electrons. The maximum absolute atomic E-state index is 10.9. The lowest BCUT2D eigenvalue weighted by Crippen LogP contribution is -2.35. The predicted molar refractivity (Wildman–Crippen MR) is 139 cm³/mol.